The molecule has 2 atom stereocenters. The monoisotopic (exact) mass is 361 g/mol. The molecule has 2 saturated heterocycles. The first-order valence-electron chi connectivity index (χ1n) is 8.80. The van der Waals surface area contributed by atoms with Crippen molar-refractivity contribution in [1.29, 1.82) is 0 Å². The van der Waals surface area contributed by atoms with E-state index < -0.39 is 0 Å². The fourth-order valence-electron chi connectivity index (χ4n) is 3.96. The zero-order chi connectivity index (χ0) is 17.4. The van der Waals surface area contributed by atoms with E-state index in [-0.39, 0.29) is 17.9 Å². The lowest BCUT2D eigenvalue weighted by Crippen LogP contribution is -2.42. The quantitative estimate of drug-likeness (QED) is 0.646. The van der Waals surface area contributed by atoms with Crippen molar-refractivity contribution in [2.75, 3.05) is 36.2 Å². The lowest BCUT2D eigenvalue weighted by molar-refractivity contribution is -0.132. The second kappa shape index (κ2) is 6.88. The molecule has 3 heterocycles. The van der Waals surface area contributed by atoms with Crippen molar-refractivity contribution in [3.8, 4) is 5.75 Å². The minimum absolute atomic E-state index is 0.0620. The Hall–Kier alpha value is -1.73. The molecule has 0 spiro atoms. The van der Waals surface area contributed by atoms with Gasteiger partial charge in [0.2, 0.25) is 5.91 Å². The van der Waals surface area contributed by atoms with E-state index in [1.54, 1.807) is 0 Å². The Morgan fingerprint density at radius 2 is 2.20 bits per heavy atom. The van der Waals surface area contributed by atoms with E-state index in [0.717, 1.165) is 44.1 Å². The summed E-state index contributed by atoms with van der Waals surface area (Å²) >= 11 is 1.82. The van der Waals surface area contributed by atoms with Gasteiger partial charge in [-0.25, -0.2) is 0 Å². The molecule has 1 amide bonds. The van der Waals surface area contributed by atoms with Gasteiger partial charge in [0.25, 0.3) is 0 Å². The molecule has 0 unspecified atom stereocenters. The minimum Gasteiger partial charge on any atom is -0.427 e. The normalized spacial score (nSPS) is 25.3. The van der Waals surface area contributed by atoms with Crippen molar-refractivity contribution in [2.45, 2.75) is 31.8 Å². The van der Waals surface area contributed by atoms with Gasteiger partial charge in [0.1, 0.15) is 5.75 Å². The second-order valence-corrected chi connectivity index (χ2v) is 7.89. The molecule has 1 N–H and O–H groups in total. The molecule has 0 bridgehead atoms. The van der Waals surface area contributed by atoms with Gasteiger partial charge in [-0.2, -0.15) is 0 Å². The predicted molar refractivity (Wildman–Crippen MR) is 98.0 cm³/mol. The smallest absolute Gasteiger partial charge is 0.308 e. The molecule has 0 aromatic heterocycles. The fourth-order valence-corrected chi connectivity index (χ4v) is 4.92. The minimum atomic E-state index is -0.295. The number of fused-ring (bicyclic) bond motifs is 1. The van der Waals surface area contributed by atoms with Gasteiger partial charge in [-0.05, 0) is 36.6 Å². The highest BCUT2D eigenvalue weighted by molar-refractivity contribution is 7.99. The van der Waals surface area contributed by atoms with E-state index in [1.165, 1.54) is 18.2 Å². The van der Waals surface area contributed by atoms with E-state index in [1.807, 2.05) is 34.9 Å². The summed E-state index contributed by atoms with van der Waals surface area (Å²) in [6.07, 6.45) is 1.80. The van der Waals surface area contributed by atoms with Crippen LogP contribution in [-0.2, 0) is 16.0 Å². The van der Waals surface area contributed by atoms with Crippen molar-refractivity contribution in [3.05, 3.63) is 23.8 Å². The van der Waals surface area contributed by atoms with Crippen molar-refractivity contribution < 1.29 is 14.3 Å². The molecule has 4 rings (SSSR count). The van der Waals surface area contributed by atoms with Crippen LogP contribution in [0.4, 0.5) is 5.69 Å². The number of esters is 1. The Balaban J connectivity index is 1.43. The maximum absolute atomic E-state index is 12.6. The van der Waals surface area contributed by atoms with Gasteiger partial charge in [-0.1, -0.05) is 0 Å². The van der Waals surface area contributed by atoms with Crippen molar-refractivity contribution in [1.82, 2.24) is 10.2 Å². The molecule has 134 valence electrons. The Kier molecular flexibility index (Phi) is 4.60. The van der Waals surface area contributed by atoms with Crippen LogP contribution in [0.15, 0.2) is 18.2 Å². The van der Waals surface area contributed by atoms with Crippen molar-refractivity contribution in [2.24, 2.45) is 0 Å². The van der Waals surface area contributed by atoms with Crippen LogP contribution >= 0.6 is 11.8 Å². The molecule has 0 aliphatic carbocycles. The topological polar surface area (TPSA) is 61.9 Å². The molecule has 3 aliphatic heterocycles. The molecular formula is C18H23N3O3S. The summed E-state index contributed by atoms with van der Waals surface area (Å²) in [5, 5.41) is 3.42. The average Bonchev–Trinajstić information content (AvgIpc) is 3.33. The molecule has 0 radical (unpaired) electrons. The third-order valence-corrected chi connectivity index (χ3v) is 6.12. The average molecular weight is 361 g/mol. The summed E-state index contributed by atoms with van der Waals surface area (Å²) in [7, 11) is 0. The van der Waals surface area contributed by atoms with E-state index in [4.69, 9.17) is 4.74 Å². The SMILES string of the molecule is CC(=O)Oc1ccc2c(c1)CCN2[C@@H]1CN[C@H](C(=O)N2CCSC2)C1. The number of thioether (sulfide) groups is 1. The highest BCUT2D eigenvalue weighted by Crippen LogP contribution is 2.34. The number of hydrogen-bond donors (Lipinski definition) is 1. The van der Waals surface area contributed by atoms with E-state index in [9.17, 15) is 9.59 Å². The zero-order valence-electron chi connectivity index (χ0n) is 14.4. The highest BCUT2D eigenvalue weighted by atomic mass is 32.2. The molecule has 7 heteroatoms. The summed E-state index contributed by atoms with van der Waals surface area (Å²) in [6, 6.07) is 6.12. The number of rotatable bonds is 3. The molecule has 3 aliphatic rings. The number of ether oxygens (including phenoxy) is 1. The Labute approximate surface area is 151 Å². The van der Waals surface area contributed by atoms with E-state index in [2.05, 4.69) is 10.2 Å². The second-order valence-electron chi connectivity index (χ2n) is 6.82. The first kappa shape index (κ1) is 16.7. The van der Waals surface area contributed by atoms with Crippen molar-refractivity contribution >= 4 is 29.3 Å². The van der Waals surface area contributed by atoms with E-state index in [0.29, 0.717) is 11.8 Å². The summed E-state index contributed by atoms with van der Waals surface area (Å²) in [4.78, 5) is 28.1. The first-order valence-corrected chi connectivity index (χ1v) is 9.95. The van der Waals surface area contributed by atoms with Gasteiger partial charge in [0.05, 0.1) is 11.9 Å². The third kappa shape index (κ3) is 3.35. The number of carbonyl (C=O) groups excluding carboxylic acids is 2. The summed E-state index contributed by atoms with van der Waals surface area (Å²) in [5.41, 5.74) is 2.41. The first-order chi connectivity index (χ1) is 12.1. The molecule has 1 aromatic rings. The predicted octanol–water partition coefficient (Wildman–Crippen LogP) is 1.24. The molecule has 1 aromatic carbocycles. The van der Waals surface area contributed by atoms with Gasteiger partial charge in [-0.3, -0.25) is 9.59 Å². The Morgan fingerprint density at radius 1 is 1.32 bits per heavy atom. The summed E-state index contributed by atoms with van der Waals surface area (Å²) < 4.78 is 5.18. The maximum atomic E-state index is 12.6. The van der Waals surface area contributed by atoms with Crippen LogP contribution in [0.3, 0.4) is 0 Å². The van der Waals surface area contributed by atoms with Gasteiger partial charge < -0.3 is 19.9 Å². The van der Waals surface area contributed by atoms with Gasteiger partial charge in [-0.15, -0.1) is 11.8 Å². The van der Waals surface area contributed by atoms with Crippen LogP contribution in [-0.4, -0.2) is 60.1 Å². The number of nitrogens with zero attached hydrogens (tertiary/aromatic N) is 2. The zero-order valence-corrected chi connectivity index (χ0v) is 15.2. The summed E-state index contributed by atoms with van der Waals surface area (Å²) in [6.45, 7) is 4.08. The number of anilines is 1. The van der Waals surface area contributed by atoms with Gasteiger partial charge in [0, 0.05) is 44.0 Å². The molecule has 25 heavy (non-hydrogen) atoms. The van der Waals surface area contributed by atoms with Crippen LogP contribution in [0, 0.1) is 0 Å². The van der Waals surface area contributed by atoms with Crippen LogP contribution < -0.4 is 15.0 Å². The molecular weight excluding hydrogens is 338 g/mol. The molecule has 0 saturated carbocycles. The number of benzene rings is 1. The number of hydrogen-bond acceptors (Lipinski definition) is 6. The van der Waals surface area contributed by atoms with Gasteiger partial charge >= 0.3 is 5.97 Å². The van der Waals surface area contributed by atoms with Crippen molar-refractivity contribution in [3.63, 3.8) is 0 Å². The summed E-state index contributed by atoms with van der Waals surface area (Å²) in [5.74, 6) is 2.43. The van der Waals surface area contributed by atoms with Gasteiger partial charge in [0.15, 0.2) is 0 Å². The van der Waals surface area contributed by atoms with Crippen LogP contribution in [0.5, 0.6) is 5.75 Å². The lowest BCUT2D eigenvalue weighted by Gasteiger charge is -2.27. The largest absolute Gasteiger partial charge is 0.427 e. The van der Waals surface area contributed by atoms with Crippen LogP contribution in [0.2, 0.25) is 0 Å². The standard InChI is InChI=1S/C18H23N3O3S/c1-12(22)24-15-2-3-17-13(8-15)4-5-21(17)14-9-16(19-10-14)18(23)20-6-7-25-11-20/h2-3,8,14,16,19H,4-7,9-11H2,1H3/t14-,16-/m0/s1. The highest BCUT2D eigenvalue weighted by Gasteiger charge is 2.37. The Bertz CT molecular complexity index is 690. The maximum Gasteiger partial charge on any atom is 0.308 e. The van der Waals surface area contributed by atoms with Crippen LogP contribution in [0.1, 0.15) is 18.9 Å². The number of nitrogens with one attached hydrogen (secondary N) is 1. The molecule has 2 fully saturated rings. The lowest BCUT2D eigenvalue weighted by atomic mass is 10.1. The van der Waals surface area contributed by atoms with Crippen LogP contribution in [0.25, 0.3) is 0 Å². The fraction of sp³-hybridized carbons (Fsp3) is 0.556. The third-order valence-electron chi connectivity index (χ3n) is 5.15. The van der Waals surface area contributed by atoms with E-state index >= 15 is 0 Å². The molecule has 6 nitrogen and oxygen atoms in total. The Morgan fingerprint density at radius 3 is 2.96 bits per heavy atom. The number of amides is 1. The number of carbonyl (C=O) groups is 2.